The van der Waals surface area contributed by atoms with Crippen LogP contribution in [0, 0.1) is 55.4 Å². The standard InChI is InChI=1S/C88H60/c1-45-33-46(2)38-54(37-45)73-61-21-14-15-22-62(61)74(55-39-47(3)34-48(4)40-55)88-76(57-43-51(7)36-52(8)44-57)85-70-31-27-65-66-28-32-71-80-68(83-72(53-17-10-9-11-18-53)67-24-16-23-59-58-19-12-13-20-60(58)82(79(59)67)86(71)83)29-25-63(77(66)80)64-26-30-69(81(70)78(64)65)84(85)75(87(73)88)56-41-49(5)35-50(6)42-56/h9-44H,1-8H3. The molecule has 0 heterocycles. The highest BCUT2D eigenvalue weighted by atomic mass is 14.4. The molecule has 0 saturated heterocycles. The molecule has 88 heavy (non-hydrogen) atoms. The van der Waals surface area contributed by atoms with Gasteiger partial charge >= 0.3 is 0 Å². The smallest absolute Gasteiger partial charge is 0.000115 e. The molecule has 1 aliphatic carbocycles. The molecule has 18 aromatic rings. The van der Waals surface area contributed by atoms with E-state index in [4.69, 9.17) is 0 Å². The second-order valence-electron chi connectivity index (χ2n) is 26.3. The Morgan fingerprint density at radius 2 is 0.443 bits per heavy atom. The summed E-state index contributed by atoms with van der Waals surface area (Å²) >= 11 is 0. The molecule has 0 bridgehead atoms. The third kappa shape index (κ3) is 6.54. The van der Waals surface area contributed by atoms with Crippen molar-refractivity contribution in [3.63, 3.8) is 0 Å². The lowest BCUT2D eigenvalue weighted by molar-refractivity contribution is 1.38. The number of hydrogen-bond donors (Lipinski definition) is 0. The first-order valence-corrected chi connectivity index (χ1v) is 31.4. The van der Waals surface area contributed by atoms with Crippen LogP contribution in [0.5, 0.6) is 0 Å². The van der Waals surface area contributed by atoms with Gasteiger partial charge in [0.2, 0.25) is 0 Å². The van der Waals surface area contributed by atoms with Gasteiger partial charge in [-0.05, 0) is 252 Å². The van der Waals surface area contributed by atoms with E-state index in [2.05, 4.69) is 274 Å². The van der Waals surface area contributed by atoms with Crippen molar-refractivity contribution in [1.82, 2.24) is 0 Å². The summed E-state index contributed by atoms with van der Waals surface area (Å²) in [5, 5.41) is 29.3. The Morgan fingerprint density at radius 3 is 0.920 bits per heavy atom. The van der Waals surface area contributed by atoms with Crippen LogP contribution in [0.4, 0.5) is 0 Å². The van der Waals surface area contributed by atoms with Gasteiger partial charge in [-0.15, -0.1) is 0 Å². The van der Waals surface area contributed by atoms with E-state index in [0.29, 0.717) is 0 Å². The van der Waals surface area contributed by atoms with Crippen molar-refractivity contribution in [1.29, 1.82) is 0 Å². The van der Waals surface area contributed by atoms with Gasteiger partial charge in [0.25, 0.3) is 0 Å². The van der Waals surface area contributed by atoms with Gasteiger partial charge in [-0.25, -0.2) is 0 Å². The molecule has 19 rings (SSSR count). The molecule has 0 aliphatic heterocycles. The molecule has 0 spiro atoms. The summed E-state index contributed by atoms with van der Waals surface area (Å²) in [6, 6.07) is 85.7. The number of aryl methyl sites for hydroxylation is 8. The second kappa shape index (κ2) is 17.6. The van der Waals surface area contributed by atoms with E-state index in [-0.39, 0.29) is 0 Å². The lowest BCUT2D eigenvalue weighted by atomic mass is 9.75. The number of hydrogen-bond acceptors (Lipinski definition) is 0. The first-order chi connectivity index (χ1) is 42.9. The summed E-state index contributed by atoms with van der Waals surface area (Å²) < 4.78 is 0. The maximum Gasteiger partial charge on any atom is -0.000115 e. The minimum atomic E-state index is 1.25. The van der Waals surface area contributed by atoms with Crippen molar-refractivity contribution in [3.05, 3.63) is 263 Å². The fraction of sp³-hybridized carbons (Fsp3) is 0.0909. The predicted octanol–water partition coefficient (Wildman–Crippen LogP) is 25.1. The van der Waals surface area contributed by atoms with Crippen LogP contribution in [0.3, 0.4) is 0 Å². The monoisotopic (exact) mass is 1120 g/mol. The molecule has 0 aromatic heterocycles. The van der Waals surface area contributed by atoms with E-state index in [1.54, 1.807) is 0 Å². The lowest BCUT2D eigenvalue weighted by Crippen LogP contribution is -2.00. The minimum absolute atomic E-state index is 1.25. The Morgan fingerprint density at radius 1 is 0.148 bits per heavy atom. The number of rotatable bonds is 5. The Hall–Kier alpha value is -10.4. The van der Waals surface area contributed by atoms with Crippen LogP contribution >= 0.6 is 0 Å². The van der Waals surface area contributed by atoms with E-state index in [0.717, 1.165) is 0 Å². The van der Waals surface area contributed by atoms with Crippen LogP contribution < -0.4 is 0 Å². The van der Waals surface area contributed by atoms with Crippen LogP contribution in [0.15, 0.2) is 218 Å². The molecule has 0 nitrogen and oxygen atoms in total. The highest BCUT2D eigenvalue weighted by molar-refractivity contribution is 6.51. The van der Waals surface area contributed by atoms with E-state index in [9.17, 15) is 0 Å². The summed E-state index contributed by atoms with van der Waals surface area (Å²) in [4.78, 5) is 0. The molecule has 0 N–H and O–H groups in total. The number of benzene rings is 16. The Labute approximate surface area is 511 Å². The van der Waals surface area contributed by atoms with Crippen molar-refractivity contribution >= 4 is 118 Å². The quantitative estimate of drug-likeness (QED) is 0.119. The van der Waals surface area contributed by atoms with E-state index >= 15 is 0 Å². The second-order valence-corrected chi connectivity index (χ2v) is 26.3. The van der Waals surface area contributed by atoms with Crippen LogP contribution in [-0.4, -0.2) is 0 Å². The summed E-state index contributed by atoms with van der Waals surface area (Å²) in [6.45, 7) is 18.2. The van der Waals surface area contributed by atoms with Crippen molar-refractivity contribution < 1.29 is 0 Å². The van der Waals surface area contributed by atoms with Crippen molar-refractivity contribution in [2.24, 2.45) is 0 Å². The van der Waals surface area contributed by atoms with Gasteiger partial charge in [-0.1, -0.05) is 263 Å². The average Bonchev–Trinajstić information content (AvgIpc) is 1.59. The zero-order valence-electron chi connectivity index (χ0n) is 50.8. The fourth-order valence-corrected chi connectivity index (χ4v) is 17.8. The van der Waals surface area contributed by atoms with Crippen molar-refractivity contribution in [2.45, 2.75) is 55.4 Å². The first-order valence-electron chi connectivity index (χ1n) is 31.4. The maximum absolute atomic E-state index is 2.53. The Kier molecular flexibility index (Phi) is 9.98. The normalized spacial score (nSPS) is 12.5. The molecule has 18 aromatic carbocycles. The summed E-state index contributed by atoms with van der Waals surface area (Å²) in [7, 11) is 0. The zero-order chi connectivity index (χ0) is 58.9. The maximum atomic E-state index is 2.53. The van der Waals surface area contributed by atoms with Gasteiger partial charge in [0.1, 0.15) is 0 Å². The van der Waals surface area contributed by atoms with E-state index in [1.807, 2.05) is 0 Å². The van der Waals surface area contributed by atoms with Crippen molar-refractivity contribution in [2.75, 3.05) is 0 Å². The molecule has 0 amide bonds. The molecule has 412 valence electrons. The molecule has 0 radical (unpaired) electrons. The molecular formula is C88H60. The highest BCUT2D eigenvalue weighted by Gasteiger charge is 2.36. The topological polar surface area (TPSA) is 0 Å². The molecule has 0 atom stereocenters. The van der Waals surface area contributed by atoms with Gasteiger partial charge in [-0.2, -0.15) is 0 Å². The first kappa shape index (κ1) is 49.8. The van der Waals surface area contributed by atoms with E-state index in [1.165, 1.54) is 241 Å². The molecule has 0 unspecified atom stereocenters. The summed E-state index contributed by atoms with van der Waals surface area (Å²) in [5.41, 5.74) is 28.1. The van der Waals surface area contributed by atoms with Gasteiger partial charge in [0.15, 0.2) is 0 Å². The minimum Gasteiger partial charge on any atom is -0.0622 e. The lowest BCUT2D eigenvalue weighted by Gasteiger charge is -2.27. The van der Waals surface area contributed by atoms with Gasteiger partial charge in [0.05, 0.1) is 0 Å². The molecule has 0 heteroatoms. The molecule has 1 aliphatic rings. The molecule has 0 fully saturated rings. The van der Waals surface area contributed by atoms with E-state index < -0.39 is 0 Å². The molecule has 0 saturated carbocycles. The Balaban J connectivity index is 1.03. The van der Waals surface area contributed by atoms with Crippen molar-refractivity contribution in [3.8, 4) is 77.9 Å². The van der Waals surface area contributed by atoms with Crippen LogP contribution in [0.2, 0.25) is 0 Å². The largest absolute Gasteiger partial charge is 0.0622 e. The summed E-state index contributed by atoms with van der Waals surface area (Å²) in [5.74, 6) is 0. The van der Waals surface area contributed by atoms with Crippen LogP contribution in [0.1, 0.15) is 44.5 Å². The third-order valence-electron chi connectivity index (χ3n) is 20.4. The van der Waals surface area contributed by atoms with Gasteiger partial charge in [0, 0.05) is 0 Å². The third-order valence-corrected chi connectivity index (χ3v) is 20.4. The highest BCUT2D eigenvalue weighted by Crippen LogP contribution is 2.64. The average molecular weight is 1120 g/mol. The van der Waals surface area contributed by atoms with Gasteiger partial charge in [-0.3, -0.25) is 0 Å². The zero-order valence-corrected chi connectivity index (χ0v) is 50.8. The fourth-order valence-electron chi connectivity index (χ4n) is 17.8. The van der Waals surface area contributed by atoms with Gasteiger partial charge < -0.3 is 0 Å². The SMILES string of the molecule is Cc1cc(C)cc(-c2c3c(c(-c4cc(C)cc(C)c4)c4c(-c5cc(C)cc(C)c5)c5ccccc5c(-c5cc(C)cc(C)c5)c24)-c2ccc4c5ccc6c7c(ccc(c8ccc-3c2c84)c57)c2c(-c3ccccc3)c3cccc4c5ccccc5c(c34)c62)c1. The van der Waals surface area contributed by atoms with Crippen LogP contribution in [0.25, 0.3) is 196 Å². The Bertz CT molecular complexity index is 5860. The summed E-state index contributed by atoms with van der Waals surface area (Å²) in [6.07, 6.45) is 0. The predicted molar refractivity (Wildman–Crippen MR) is 382 cm³/mol. The molecular weight excluding hydrogens is 1060 g/mol. The number of fused-ring (bicyclic) bond motifs is 14. The van der Waals surface area contributed by atoms with Crippen LogP contribution in [-0.2, 0) is 0 Å².